The van der Waals surface area contributed by atoms with Gasteiger partial charge in [-0.05, 0) is 18.2 Å². The number of ether oxygens (including phenoxy) is 1. The Bertz CT molecular complexity index is 441. The lowest BCUT2D eigenvalue weighted by molar-refractivity contribution is -0.137. The lowest BCUT2D eigenvalue weighted by Crippen LogP contribution is -2.18. The van der Waals surface area contributed by atoms with E-state index in [0.717, 1.165) is 12.1 Å². The summed E-state index contributed by atoms with van der Waals surface area (Å²) in [6.45, 7) is 3.30. The largest absolute Gasteiger partial charge is 0.495 e. The quantitative estimate of drug-likeness (QED) is 0.906. The van der Waals surface area contributed by atoms with Crippen molar-refractivity contribution in [2.45, 2.75) is 20.0 Å². The van der Waals surface area contributed by atoms with Gasteiger partial charge in [-0.15, -0.1) is 0 Å². The summed E-state index contributed by atoms with van der Waals surface area (Å²) in [6.07, 6.45) is -4.45. The molecule has 1 N–H and O–H groups in total. The van der Waals surface area contributed by atoms with Crippen molar-refractivity contribution in [2.24, 2.45) is 5.92 Å². The molecule has 1 rings (SSSR count). The molecule has 6 heteroatoms. The van der Waals surface area contributed by atoms with Crippen LogP contribution in [0.3, 0.4) is 0 Å². The molecule has 0 heterocycles. The summed E-state index contributed by atoms with van der Waals surface area (Å²) < 4.78 is 42.5. The van der Waals surface area contributed by atoms with Gasteiger partial charge in [0.15, 0.2) is 0 Å². The topological polar surface area (TPSA) is 38.3 Å². The van der Waals surface area contributed by atoms with Crippen molar-refractivity contribution in [3.8, 4) is 5.75 Å². The van der Waals surface area contributed by atoms with Gasteiger partial charge in [0.2, 0.25) is 5.91 Å². The van der Waals surface area contributed by atoms with Gasteiger partial charge in [0.25, 0.3) is 0 Å². The standard InChI is InChI=1S/C12H14F3NO2/c1-7(2)11(17)16-9-6-8(12(13,14)15)4-5-10(9)18-3/h4-7H,1-3H3,(H,16,17). The van der Waals surface area contributed by atoms with Gasteiger partial charge in [-0.1, -0.05) is 13.8 Å². The normalized spacial score (nSPS) is 11.5. The third-order valence-corrected chi connectivity index (χ3v) is 2.31. The van der Waals surface area contributed by atoms with Gasteiger partial charge < -0.3 is 10.1 Å². The molecule has 0 saturated carbocycles. The summed E-state index contributed by atoms with van der Waals surface area (Å²) >= 11 is 0. The molecule has 0 unspecified atom stereocenters. The van der Waals surface area contributed by atoms with Crippen LogP contribution in [-0.2, 0) is 11.0 Å². The number of anilines is 1. The summed E-state index contributed by atoms with van der Waals surface area (Å²) in [6, 6.07) is 2.95. The summed E-state index contributed by atoms with van der Waals surface area (Å²) in [7, 11) is 1.33. The highest BCUT2D eigenvalue weighted by molar-refractivity contribution is 5.93. The predicted octanol–water partition coefficient (Wildman–Crippen LogP) is 3.31. The number of benzene rings is 1. The van der Waals surface area contributed by atoms with Crippen LogP contribution in [0, 0.1) is 5.92 Å². The zero-order valence-corrected chi connectivity index (χ0v) is 10.3. The first-order valence-corrected chi connectivity index (χ1v) is 5.31. The van der Waals surface area contributed by atoms with Crippen molar-refractivity contribution in [1.29, 1.82) is 0 Å². The van der Waals surface area contributed by atoms with E-state index in [4.69, 9.17) is 4.74 Å². The molecule has 0 bridgehead atoms. The van der Waals surface area contributed by atoms with Crippen molar-refractivity contribution in [3.05, 3.63) is 23.8 Å². The van der Waals surface area contributed by atoms with E-state index in [1.54, 1.807) is 13.8 Å². The highest BCUT2D eigenvalue weighted by Gasteiger charge is 2.31. The minimum absolute atomic E-state index is 0.0195. The van der Waals surface area contributed by atoms with Crippen molar-refractivity contribution in [1.82, 2.24) is 0 Å². The van der Waals surface area contributed by atoms with E-state index >= 15 is 0 Å². The molecule has 0 aliphatic heterocycles. The van der Waals surface area contributed by atoms with Crippen LogP contribution in [0.25, 0.3) is 0 Å². The average Bonchev–Trinajstić information content (AvgIpc) is 2.27. The summed E-state index contributed by atoms with van der Waals surface area (Å²) in [5.41, 5.74) is -0.812. The lowest BCUT2D eigenvalue weighted by atomic mass is 10.1. The molecular weight excluding hydrogens is 247 g/mol. The molecule has 0 aliphatic carbocycles. The molecule has 1 aromatic carbocycles. The van der Waals surface area contributed by atoms with E-state index in [9.17, 15) is 18.0 Å². The predicted molar refractivity (Wildman–Crippen MR) is 61.5 cm³/mol. The van der Waals surface area contributed by atoms with E-state index in [1.165, 1.54) is 13.2 Å². The van der Waals surface area contributed by atoms with Crippen molar-refractivity contribution in [2.75, 3.05) is 12.4 Å². The molecule has 0 atom stereocenters. The molecule has 18 heavy (non-hydrogen) atoms. The minimum atomic E-state index is -4.45. The minimum Gasteiger partial charge on any atom is -0.495 e. The molecule has 1 aromatic rings. The Morgan fingerprint density at radius 2 is 1.94 bits per heavy atom. The zero-order chi connectivity index (χ0) is 13.9. The van der Waals surface area contributed by atoms with Gasteiger partial charge in [0, 0.05) is 5.92 Å². The monoisotopic (exact) mass is 261 g/mol. The van der Waals surface area contributed by atoms with Crippen LogP contribution in [0.1, 0.15) is 19.4 Å². The zero-order valence-electron chi connectivity index (χ0n) is 10.3. The molecule has 0 aliphatic rings. The third kappa shape index (κ3) is 3.38. The molecular formula is C12H14F3NO2. The number of hydrogen-bond donors (Lipinski definition) is 1. The number of carbonyl (C=O) groups is 1. The Morgan fingerprint density at radius 1 is 1.33 bits per heavy atom. The van der Waals surface area contributed by atoms with E-state index < -0.39 is 11.7 Å². The molecule has 0 fully saturated rings. The van der Waals surface area contributed by atoms with Gasteiger partial charge in [0.05, 0.1) is 18.4 Å². The number of rotatable bonds is 3. The second-order valence-corrected chi connectivity index (χ2v) is 4.06. The maximum Gasteiger partial charge on any atom is 0.416 e. The second-order valence-electron chi connectivity index (χ2n) is 4.06. The van der Waals surface area contributed by atoms with E-state index in [2.05, 4.69) is 5.32 Å². The van der Waals surface area contributed by atoms with Crippen LogP contribution in [-0.4, -0.2) is 13.0 Å². The van der Waals surface area contributed by atoms with Crippen LogP contribution in [0.5, 0.6) is 5.75 Å². The van der Waals surface area contributed by atoms with Gasteiger partial charge in [0.1, 0.15) is 5.75 Å². The fourth-order valence-electron chi connectivity index (χ4n) is 1.26. The van der Waals surface area contributed by atoms with Crippen molar-refractivity contribution < 1.29 is 22.7 Å². The summed E-state index contributed by atoms with van der Waals surface area (Å²) in [5, 5.41) is 2.41. The fraction of sp³-hybridized carbons (Fsp3) is 0.417. The van der Waals surface area contributed by atoms with Crippen molar-refractivity contribution >= 4 is 11.6 Å². The lowest BCUT2D eigenvalue weighted by Gasteiger charge is -2.14. The number of amides is 1. The van der Waals surface area contributed by atoms with Gasteiger partial charge in [-0.2, -0.15) is 13.2 Å². The maximum absolute atomic E-state index is 12.5. The van der Waals surface area contributed by atoms with E-state index in [-0.39, 0.29) is 23.3 Å². The SMILES string of the molecule is COc1ccc(C(F)(F)F)cc1NC(=O)C(C)C. The van der Waals surface area contributed by atoms with Gasteiger partial charge in [-0.3, -0.25) is 4.79 Å². The number of nitrogens with one attached hydrogen (secondary N) is 1. The van der Waals surface area contributed by atoms with E-state index in [0.29, 0.717) is 0 Å². The molecule has 0 aromatic heterocycles. The Morgan fingerprint density at radius 3 is 2.39 bits per heavy atom. The number of hydrogen-bond acceptors (Lipinski definition) is 2. The molecule has 3 nitrogen and oxygen atoms in total. The summed E-state index contributed by atoms with van der Waals surface area (Å²) in [5.74, 6) is -0.506. The Kier molecular flexibility index (Phi) is 4.21. The molecule has 100 valence electrons. The first kappa shape index (κ1) is 14.3. The maximum atomic E-state index is 12.5. The smallest absolute Gasteiger partial charge is 0.416 e. The molecule has 0 saturated heterocycles. The molecule has 0 spiro atoms. The van der Waals surface area contributed by atoms with Crippen LogP contribution in [0.4, 0.5) is 18.9 Å². The Hall–Kier alpha value is -1.72. The number of carbonyl (C=O) groups excluding carboxylic acids is 1. The fourth-order valence-corrected chi connectivity index (χ4v) is 1.26. The van der Waals surface area contributed by atoms with Gasteiger partial charge >= 0.3 is 6.18 Å². The Labute approximate surface area is 103 Å². The van der Waals surface area contributed by atoms with E-state index in [1.807, 2.05) is 0 Å². The number of alkyl halides is 3. The highest BCUT2D eigenvalue weighted by Crippen LogP contribution is 2.35. The third-order valence-electron chi connectivity index (χ3n) is 2.31. The van der Waals surface area contributed by atoms with Crippen molar-refractivity contribution in [3.63, 3.8) is 0 Å². The Balaban J connectivity index is 3.11. The van der Waals surface area contributed by atoms with Crippen LogP contribution < -0.4 is 10.1 Å². The van der Waals surface area contributed by atoms with Gasteiger partial charge in [-0.25, -0.2) is 0 Å². The second kappa shape index (κ2) is 5.29. The first-order chi connectivity index (χ1) is 8.25. The summed E-state index contributed by atoms with van der Waals surface area (Å²) in [4.78, 5) is 11.5. The highest BCUT2D eigenvalue weighted by atomic mass is 19.4. The first-order valence-electron chi connectivity index (χ1n) is 5.31. The molecule has 0 radical (unpaired) electrons. The number of methoxy groups -OCH3 is 1. The number of halogens is 3. The van der Waals surface area contributed by atoms with Crippen LogP contribution >= 0.6 is 0 Å². The average molecular weight is 261 g/mol. The van der Waals surface area contributed by atoms with Crippen LogP contribution in [0.2, 0.25) is 0 Å². The molecule has 1 amide bonds. The van der Waals surface area contributed by atoms with Crippen LogP contribution in [0.15, 0.2) is 18.2 Å².